The van der Waals surface area contributed by atoms with Gasteiger partial charge >= 0.3 is 0 Å². The van der Waals surface area contributed by atoms with Crippen LogP contribution < -0.4 is 5.32 Å². The number of amides is 2. The molecular weight excluding hydrogens is 458 g/mol. The number of hydrogen-bond donors (Lipinski definition) is 1. The van der Waals surface area contributed by atoms with Crippen molar-refractivity contribution in [3.63, 3.8) is 0 Å². The van der Waals surface area contributed by atoms with Crippen molar-refractivity contribution in [2.24, 2.45) is 0 Å². The van der Waals surface area contributed by atoms with Gasteiger partial charge in [-0.1, -0.05) is 56.7 Å². The summed E-state index contributed by atoms with van der Waals surface area (Å²) < 4.78 is 4.11. The van der Waals surface area contributed by atoms with Crippen molar-refractivity contribution in [2.45, 2.75) is 110 Å². The van der Waals surface area contributed by atoms with Gasteiger partial charge in [-0.15, -0.1) is 0 Å². The lowest BCUT2D eigenvalue weighted by Crippen LogP contribution is -2.50. The summed E-state index contributed by atoms with van der Waals surface area (Å²) in [4.78, 5) is 28.6. The molecule has 0 aliphatic heterocycles. The molecule has 7 nitrogen and oxygen atoms in total. The predicted molar refractivity (Wildman–Crippen MR) is 140 cm³/mol. The van der Waals surface area contributed by atoms with E-state index in [2.05, 4.69) is 10.2 Å². The Labute approximate surface area is 213 Å². The number of rotatable bonds is 8. The summed E-state index contributed by atoms with van der Waals surface area (Å²) in [7, 11) is 0. The normalized spacial score (nSPS) is 17.3. The van der Waals surface area contributed by atoms with Gasteiger partial charge in [-0.25, -0.2) is 4.68 Å². The molecule has 0 saturated heterocycles. The van der Waals surface area contributed by atoms with Gasteiger partial charge in [0.15, 0.2) is 10.6 Å². The molecule has 2 aliphatic carbocycles. The second-order valence-corrected chi connectivity index (χ2v) is 10.3. The van der Waals surface area contributed by atoms with Gasteiger partial charge in [-0.3, -0.25) is 9.59 Å². The number of aryl methyl sites for hydroxylation is 1. The molecule has 8 heteroatoms. The Bertz CT molecular complexity index is 1060. The molecule has 0 unspecified atom stereocenters. The minimum Gasteiger partial charge on any atom is -0.345 e. The molecule has 2 aromatic rings. The topological polar surface area (TPSA) is 72.2 Å². The standard InChI is InChI=1S/C27H39N5O2S/c1-3-30-24(18-28-26(34)23-17-11-10-12-20(23)2)29-31(27(30)35)19-25(33)32(21-13-6-4-7-14-21)22-15-8-5-9-16-22/h10-12,17,21-22H,3-9,13-16,18-19H2,1-2H3,(H,28,34). The number of carbonyl (C=O) groups excluding carboxylic acids is 2. The van der Waals surface area contributed by atoms with E-state index < -0.39 is 0 Å². The molecule has 1 aromatic heterocycles. The Morgan fingerprint density at radius 1 is 1.03 bits per heavy atom. The molecule has 1 N–H and O–H groups in total. The zero-order valence-corrected chi connectivity index (χ0v) is 22.0. The fraction of sp³-hybridized carbons (Fsp3) is 0.630. The number of nitrogens with zero attached hydrogens (tertiary/aromatic N) is 4. The zero-order chi connectivity index (χ0) is 24.8. The summed E-state index contributed by atoms with van der Waals surface area (Å²) >= 11 is 5.70. The van der Waals surface area contributed by atoms with Crippen molar-refractivity contribution < 1.29 is 9.59 Å². The summed E-state index contributed by atoms with van der Waals surface area (Å²) in [5.41, 5.74) is 1.58. The quantitative estimate of drug-likeness (QED) is 0.511. The molecule has 1 aromatic carbocycles. The average Bonchev–Trinajstić information content (AvgIpc) is 3.18. The van der Waals surface area contributed by atoms with Gasteiger partial charge in [0.2, 0.25) is 5.91 Å². The largest absolute Gasteiger partial charge is 0.345 e. The van der Waals surface area contributed by atoms with Crippen LogP contribution in [0.5, 0.6) is 0 Å². The molecule has 1 heterocycles. The van der Waals surface area contributed by atoms with Crippen LogP contribution in [-0.2, 0) is 24.4 Å². The molecular formula is C27H39N5O2S. The third-order valence-electron chi connectivity index (χ3n) is 7.62. The van der Waals surface area contributed by atoms with Crippen molar-refractivity contribution >= 4 is 24.0 Å². The first-order valence-corrected chi connectivity index (χ1v) is 13.7. The number of carbonyl (C=O) groups is 2. The van der Waals surface area contributed by atoms with Crippen LogP contribution >= 0.6 is 12.2 Å². The van der Waals surface area contributed by atoms with Crippen LogP contribution in [-0.4, -0.2) is 43.1 Å². The lowest BCUT2D eigenvalue weighted by atomic mass is 9.88. The first-order valence-electron chi connectivity index (χ1n) is 13.3. The van der Waals surface area contributed by atoms with Crippen LogP contribution in [0, 0.1) is 11.7 Å². The van der Waals surface area contributed by atoms with Gasteiger partial charge in [0.1, 0.15) is 6.54 Å². The molecule has 2 aliphatic rings. The maximum Gasteiger partial charge on any atom is 0.251 e. The van der Waals surface area contributed by atoms with Gasteiger partial charge < -0.3 is 14.8 Å². The number of benzene rings is 1. The van der Waals surface area contributed by atoms with Crippen LogP contribution in [0.25, 0.3) is 0 Å². The molecule has 0 spiro atoms. The van der Waals surface area contributed by atoms with Gasteiger partial charge in [0, 0.05) is 24.2 Å². The average molecular weight is 498 g/mol. The predicted octanol–water partition coefficient (Wildman–Crippen LogP) is 5.17. The molecule has 0 radical (unpaired) electrons. The first-order chi connectivity index (χ1) is 17.0. The van der Waals surface area contributed by atoms with E-state index in [1.54, 1.807) is 4.68 Å². The van der Waals surface area contributed by atoms with Crippen molar-refractivity contribution in [2.75, 3.05) is 0 Å². The maximum atomic E-state index is 13.7. The minimum atomic E-state index is -0.136. The van der Waals surface area contributed by atoms with Crippen LogP contribution in [0.3, 0.4) is 0 Å². The second-order valence-electron chi connectivity index (χ2n) is 9.98. The number of nitrogens with one attached hydrogen (secondary N) is 1. The Balaban J connectivity index is 1.49. The monoisotopic (exact) mass is 497 g/mol. The van der Waals surface area contributed by atoms with E-state index in [0.717, 1.165) is 31.2 Å². The molecule has 0 atom stereocenters. The molecule has 2 saturated carbocycles. The molecule has 190 valence electrons. The highest BCUT2D eigenvalue weighted by Gasteiger charge is 2.32. The summed E-state index contributed by atoms with van der Waals surface area (Å²) in [5, 5.41) is 7.67. The highest BCUT2D eigenvalue weighted by atomic mass is 32.1. The van der Waals surface area contributed by atoms with Crippen LogP contribution in [0.2, 0.25) is 0 Å². The summed E-state index contributed by atoms with van der Waals surface area (Å²) in [6.07, 6.45) is 11.8. The fourth-order valence-corrected chi connectivity index (χ4v) is 6.09. The maximum absolute atomic E-state index is 13.7. The van der Waals surface area contributed by atoms with Crippen LogP contribution in [0.1, 0.15) is 92.9 Å². The second kappa shape index (κ2) is 12.0. The van der Waals surface area contributed by atoms with Crippen molar-refractivity contribution in [1.29, 1.82) is 0 Å². The first kappa shape index (κ1) is 25.6. The van der Waals surface area contributed by atoms with Gasteiger partial charge in [-0.2, -0.15) is 5.10 Å². The Kier molecular flexibility index (Phi) is 8.76. The minimum absolute atomic E-state index is 0.135. The zero-order valence-electron chi connectivity index (χ0n) is 21.2. The van der Waals surface area contributed by atoms with E-state index in [4.69, 9.17) is 17.3 Å². The Morgan fingerprint density at radius 2 is 1.63 bits per heavy atom. The van der Waals surface area contributed by atoms with Gasteiger partial charge in [0.05, 0.1) is 6.54 Å². The van der Waals surface area contributed by atoms with E-state index in [9.17, 15) is 9.59 Å². The van der Waals surface area contributed by atoms with Gasteiger partial charge in [-0.05, 0) is 63.4 Å². The highest BCUT2D eigenvalue weighted by Crippen LogP contribution is 2.30. The third kappa shape index (κ3) is 6.02. The smallest absolute Gasteiger partial charge is 0.251 e. The third-order valence-corrected chi connectivity index (χ3v) is 8.05. The molecule has 35 heavy (non-hydrogen) atoms. The van der Waals surface area contributed by atoms with E-state index in [1.165, 1.54) is 38.5 Å². The summed E-state index contributed by atoms with van der Waals surface area (Å²) in [5.74, 6) is 0.674. The summed E-state index contributed by atoms with van der Waals surface area (Å²) in [6.45, 7) is 5.00. The Hall–Kier alpha value is -2.48. The molecule has 2 fully saturated rings. The number of hydrogen-bond acceptors (Lipinski definition) is 4. The van der Waals surface area contributed by atoms with E-state index in [0.29, 0.717) is 34.8 Å². The lowest BCUT2D eigenvalue weighted by Gasteiger charge is -2.41. The van der Waals surface area contributed by atoms with Crippen LogP contribution in [0.15, 0.2) is 24.3 Å². The fourth-order valence-electron chi connectivity index (χ4n) is 5.75. The van der Waals surface area contributed by atoms with E-state index in [1.807, 2.05) is 42.7 Å². The van der Waals surface area contributed by atoms with Crippen molar-refractivity contribution in [3.05, 3.63) is 46.0 Å². The molecule has 4 rings (SSSR count). The SMILES string of the molecule is CCn1c(CNC(=O)c2ccccc2C)nn(CC(=O)N(C2CCCCC2)C2CCCCC2)c1=S. The van der Waals surface area contributed by atoms with Crippen molar-refractivity contribution in [1.82, 2.24) is 24.6 Å². The molecule has 2 amide bonds. The van der Waals surface area contributed by atoms with Crippen molar-refractivity contribution in [3.8, 4) is 0 Å². The Morgan fingerprint density at radius 3 is 2.20 bits per heavy atom. The van der Waals surface area contributed by atoms with Crippen LogP contribution in [0.4, 0.5) is 0 Å². The highest BCUT2D eigenvalue weighted by molar-refractivity contribution is 7.71. The lowest BCUT2D eigenvalue weighted by molar-refractivity contribution is -0.138. The van der Waals surface area contributed by atoms with Gasteiger partial charge in [0.25, 0.3) is 5.91 Å². The van der Waals surface area contributed by atoms with E-state index in [-0.39, 0.29) is 24.9 Å². The summed E-state index contributed by atoms with van der Waals surface area (Å²) in [6, 6.07) is 8.21. The molecule has 0 bridgehead atoms. The number of aromatic nitrogens is 3. The van der Waals surface area contributed by atoms with E-state index >= 15 is 0 Å².